The Morgan fingerprint density at radius 3 is 2.54 bits per heavy atom. The molecule has 0 aromatic carbocycles. The molecule has 1 aliphatic carbocycles. The highest BCUT2D eigenvalue weighted by molar-refractivity contribution is 5.58. The van der Waals surface area contributed by atoms with Crippen molar-refractivity contribution in [1.29, 1.82) is 0 Å². The number of carbonyl (C=O) groups excluding carboxylic acids is 1. The van der Waals surface area contributed by atoms with Crippen molar-refractivity contribution in [3.8, 4) is 0 Å². The lowest BCUT2D eigenvalue weighted by atomic mass is 9.83. The molecular weight excluding hydrogens is 160 g/mol. The first-order valence-corrected chi connectivity index (χ1v) is 5.11. The van der Waals surface area contributed by atoms with E-state index < -0.39 is 0 Å². The Balaban J connectivity index is 2.73. The summed E-state index contributed by atoms with van der Waals surface area (Å²) in [5.41, 5.74) is 2.87. The average molecular weight is 180 g/mol. The second kappa shape index (κ2) is 3.65. The van der Waals surface area contributed by atoms with Crippen LogP contribution in [0.4, 0.5) is 0 Å². The fourth-order valence-corrected chi connectivity index (χ4v) is 2.05. The van der Waals surface area contributed by atoms with Crippen LogP contribution in [0.5, 0.6) is 0 Å². The van der Waals surface area contributed by atoms with Crippen molar-refractivity contribution in [2.75, 3.05) is 0 Å². The van der Waals surface area contributed by atoms with Crippen LogP contribution in [0.2, 0.25) is 0 Å². The number of allylic oxidation sites excluding steroid dienone is 2. The molecule has 0 spiro atoms. The van der Waals surface area contributed by atoms with Crippen LogP contribution in [0.3, 0.4) is 0 Å². The zero-order chi connectivity index (χ0) is 10.1. The first-order valence-electron chi connectivity index (χ1n) is 5.11. The standard InChI is InChI=1S/C12H20O/c1-9-5-6-10(2)11(9)7-12(3,4)8-13/h8-9H,5-7H2,1-4H3/t9-/m1/s1. The van der Waals surface area contributed by atoms with E-state index in [0.29, 0.717) is 5.92 Å². The molecular formula is C12H20O. The van der Waals surface area contributed by atoms with Crippen LogP contribution in [-0.4, -0.2) is 6.29 Å². The summed E-state index contributed by atoms with van der Waals surface area (Å²) in [7, 11) is 0. The van der Waals surface area contributed by atoms with E-state index in [9.17, 15) is 4.79 Å². The van der Waals surface area contributed by atoms with Gasteiger partial charge < -0.3 is 4.79 Å². The summed E-state index contributed by atoms with van der Waals surface area (Å²) in [6, 6.07) is 0. The normalized spacial score (nSPS) is 23.8. The molecule has 1 nitrogen and oxygen atoms in total. The van der Waals surface area contributed by atoms with Crippen LogP contribution < -0.4 is 0 Å². The quantitative estimate of drug-likeness (QED) is 0.481. The molecule has 74 valence electrons. The summed E-state index contributed by atoms with van der Waals surface area (Å²) in [5, 5.41) is 0. The van der Waals surface area contributed by atoms with Crippen LogP contribution in [-0.2, 0) is 4.79 Å². The van der Waals surface area contributed by atoms with Crippen molar-refractivity contribution >= 4 is 6.29 Å². The SMILES string of the molecule is CC1=C(CC(C)(C)C=O)[C@H](C)CC1. The number of rotatable bonds is 3. The number of hydrogen-bond acceptors (Lipinski definition) is 1. The molecule has 0 fully saturated rings. The molecule has 0 radical (unpaired) electrons. The van der Waals surface area contributed by atoms with Crippen LogP contribution in [0, 0.1) is 11.3 Å². The third kappa shape index (κ3) is 2.43. The molecule has 1 aliphatic rings. The van der Waals surface area contributed by atoms with Gasteiger partial charge in [0, 0.05) is 5.41 Å². The Morgan fingerprint density at radius 1 is 1.54 bits per heavy atom. The van der Waals surface area contributed by atoms with E-state index in [4.69, 9.17) is 0 Å². The molecule has 0 bridgehead atoms. The van der Waals surface area contributed by atoms with Crippen LogP contribution in [0.25, 0.3) is 0 Å². The highest BCUT2D eigenvalue weighted by Crippen LogP contribution is 2.38. The lowest BCUT2D eigenvalue weighted by Crippen LogP contribution is -2.15. The Morgan fingerprint density at radius 2 is 2.15 bits per heavy atom. The summed E-state index contributed by atoms with van der Waals surface area (Å²) in [4.78, 5) is 10.8. The third-order valence-electron chi connectivity index (χ3n) is 3.06. The molecule has 0 saturated carbocycles. The second-order valence-corrected chi connectivity index (χ2v) is 5.03. The largest absolute Gasteiger partial charge is 0.303 e. The van der Waals surface area contributed by atoms with E-state index in [1.54, 1.807) is 0 Å². The predicted molar refractivity (Wildman–Crippen MR) is 55.6 cm³/mol. The fraction of sp³-hybridized carbons (Fsp3) is 0.750. The van der Waals surface area contributed by atoms with E-state index in [0.717, 1.165) is 12.7 Å². The Bertz CT molecular complexity index is 236. The van der Waals surface area contributed by atoms with Crippen molar-refractivity contribution in [3.05, 3.63) is 11.1 Å². The Labute approximate surface area is 81.2 Å². The summed E-state index contributed by atoms with van der Waals surface area (Å²) >= 11 is 0. The van der Waals surface area contributed by atoms with Crippen molar-refractivity contribution < 1.29 is 4.79 Å². The summed E-state index contributed by atoms with van der Waals surface area (Å²) in [6.45, 7) is 8.52. The number of hydrogen-bond donors (Lipinski definition) is 0. The number of carbonyl (C=O) groups is 1. The molecule has 0 aliphatic heterocycles. The first-order chi connectivity index (χ1) is 5.96. The molecule has 0 aromatic heterocycles. The van der Waals surface area contributed by atoms with Gasteiger partial charge in [0.25, 0.3) is 0 Å². The van der Waals surface area contributed by atoms with E-state index in [1.807, 2.05) is 13.8 Å². The van der Waals surface area contributed by atoms with Crippen molar-refractivity contribution in [3.63, 3.8) is 0 Å². The lowest BCUT2D eigenvalue weighted by molar-refractivity contribution is -0.114. The highest BCUT2D eigenvalue weighted by atomic mass is 16.1. The molecule has 13 heavy (non-hydrogen) atoms. The van der Waals surface area contributed by atoms with Crippen LogP contribution in [0.15, 0.2) is 11.1 Å². The second-order valence-electron chi connectivity index (χ2n) is 5.03. The molecule has 1 atom stereocenters. The van der Waals surface area contributed by atoms with Crippen LogP contribution in [0.1, 0.15) is 47.0 Å². The average Bonchev–Trinajstić information content (AvgIpc) is 2.36. The molecule has 0 N–H and O–H groups in total. The van der Waals surface area contributed by atoms with Gasteiger partial charge >= 0.3 is 0 Å². The van der Waals surface area contributed by atoms with E-state index in [1.165, 1.54) is 24.0 Å². The van der Waals surface area contributed by atoms with Crippen molar-refractivity contribution in [2.24, 2.45) is 11.3 Å². The smallest absolute Gasteiger partial charge is 0.125 e. The summed E-state index contributed by atoms with van der Waals surface area (Å²) < 4.78 is 0. The fourth-order valence-electron chi connectivity index (χ4n) is 2.05. The molecule has 0 unspecified atom stereocenters. The van der Waals surface area contributed by atoms with Crippen molar-refractivity contribution in [2.45, 2.75) is 47.0 Å². The number of aldehydes is 1. The van der Waals surface area contributed by atoms with Gasteiger partial charge in [0.05, 0.1) is 0 Å². The molecule has 0 heterocycles. The predicted octanol–water partition coefficient (Wildman–Crippen LogP) is 3.35. The molecule has 1 heteroatoms. The monoisotopic (exact) mass is 180 g/mol. The maximum Gasteiger partial charge on any atom is 0.125 e. The lowest BCUT2D eigenvalue weighted by Gasteiger charge is -2.20. The highest BCUT2D eigenvalue weighted by Gasteiger charge is 2.26. The van der Waals surface area contributed by atoms with Gasteiger partial charge in [-0.1, -0.05) is 31.9 Å². The van der Waals surface area contributed by atoms with E-state index in [2.05, 4.69) is 13.8 Å². The third-order valence-corrected chi connectivity index (χ3v) is 3.06. The topological polar surface area (TPSA) is 17.1 Å². The molecule has 0 aromatic rings. The minimum absolute atomic E-state index is 0.171. The van der Waals surface area contributed by atoms with E-state index >= 15 is 0 Å². The summed E-state index contributed by atoms with van der Waals surface area (Å²) in [5.74, 6) is 0.694. The van der Waals surface area contributed by atoms with Gasteiger partial charge in [0.1, 0.15) is 6.29 Å². The van der Waals surface area contributed by atoms with Gasteiger partial charge in [-0.25, -0.2) is 0 Å². The maximum absolute atomic E-state index is 10.8. The zero-order valence-corrected chi connectivity index (χ0v) is 9.18. The molecule has 0 amide bonds. The van der Waals surface area contributed by atoms with E-state index in [-0.39, 0.29) is 5.41 Å². The Kier molecular flexibility index (Phi) is 2.94. The Hall–Kier alpha value is -0.590. The van der Waals surface area contributed by atoms with Gasteiger partial charge in [-0.3, -0.25) is 0 Å². The molecule has 0 saturated heterocycles. The molecule has 1 rings (SSSR count). The van der Waals surface area contributed by atoms with Gasteiger partial charge in [0.2, 0.25) is 0 Å². The minimum atomic E-state index is -0.171. The first kappa shape index (κ1) is 10.5. The van der Waals surface area contributed by atoms with Crippen LogP contribution >= 0.6 is 0 Å². The summed E-state index contributed by atoms with van der Waals surface area (Å²) in [6.07, 6.45) is 4.53. The van der Waals surface area contributed by atoms with Gasteiger partial charge in [-0.15, -0.1) is 0 Å². The van der Waals surface area contributed by atoms with Gasteiger partial charge in [-0.2, -0.15) is 0 Å². The van der Waals surface area contributed by atoms with Gasteiger partial charge in [0.15, 0.2) is 0 Å². The van der Waals surface area contributed by atoms with Crippen molar-refractivity contribution in [1.82, 2.24) is 0 Å². The maximum atomic E-state index is 10.8. The minimum Gasteiger partial charge on any atom is -0.303 e. The van der Waals surface area contributed by atoms with Gasteiger partial charge in [-0.05, 0) is 32.1 Å². The zero-order valence-electron chi connectivity index (χ0n) is 9.18.